The van der Waals surface area contributed by atoms with Gasteiger partial charge in [0.25, 0.3) is 0 Å². The molecule has 0 saturated carbocycles. The molecule has 3 aromatic rings. The van der Waals surface area contributed by atoms with Crippen molar-refractivity contribution in [1.82, 2.24) is 9.97 Å². The van der Waals surface area contributed by atoms with E-state index in [9.17, 15) is 0 Å². The summed E-state index contributed by atoms with van der Waals surface area (Å²) < 4.78 is 5.92. The second kappa shape index (κ2) is 4.88. The molecule has 0 atom stereocenters. The molecule has 98 valence electrons. The zero-order valence-electron chi connectivity index (χ0n) is 11.3. The van der Waals surface area contributed by atoms with Gasteiger partial charge in [-0.15, -0.1) is 0 Å². The Labute approximate surface area is 112 Å². The quantitative estimate of drug-likeness (QED) is 0.714. The van der Waals surface area contributed by atoms with Gasteiger partial charge in [0.1, 0.15) is 17.4 Å². The number of nitrogens with zero attached hydrogens (tertiary/aromatic N) is 3. The lowest BCUT2D eigenvalue weighted by Crippen LogP contribution is -2.19. The second-order valence-corrected chi connectivity index (χ2v) is 4.75. The van der Waals surface area contributed by atoms with Crippen LogP contribution in [-0.4, -0.2) is 23.6 Å². The van der Waals surface area contributed by atoms with Crippen LogP contribution in [0.1, 0.15) is 19.8 Å². The number of rotatable bonds is 4. The maximum Gasteiger partial charge on any atom is 0.196 e. The van der Waals surface area contributed by atoms with E-state index in [2.05, 4.69) is 21.8 Å². The van der Waals surface area contributed by atoms with E-state index in [1.807, 2.05) is 31.3 Å². The van der Waals surface area contributed by atoms with Crippen molar-refractivity contribution < 1.29 is 4.42 Å². The van der Waals surface area contributed by atoms with Crippen LogP contribution in [0.3, 0.4) is 0 Å². The van der Waals surface area contributed by atoms with Crippen LogP contribution in [0.2, 0.25) is 0 Å². The molecule has 3 rings (SSSR count). The summed E-state index contributed by atoms with van der Waals surface area (Å²) in [4.78, 5) is 10.9. The second-order valence-electron chi connectivity index (χ2n) is 4.75. The molecule has 0 spiro atoms. The van der Waals surface area contributed by atoms with E-state index in [1.54, 1.807) is 6.33 Å². The molecular weight excluding hydrogens is 238 g/mol. The van der Waals surface area contributed by atoms with Gasteiger partial charge in [-0.25, -0.2) is 9.97 Å². The maximum atomic E-state index is 5.92. The van der Waals surface area contributed by atoms with Gasteiger partial charge in [-0.3, -0.25) is 0 Å². The van der Waals surface area contributed by atoms with Crippen LogP contribution in [0.4, 0.5) is 5.82 Å². The number of benzene rings is 1. The number of unbranched alkanes of at least 4 members (excludes halogenated alkanes) is 1. The molecule has 4 nitrogen and oxygen atoms in total. The highest BCUT2D eigenvalue weighted by molar-refractivity contribution is 6.05. The Morgan fingerprint density at radius 3 is 2.89 bits per heavy atom. The van der Waals surface area contributed by atoms with Crippen molar-refractivity contribution in [2.24, 2.45) is 0 Å². The van der Waals surface area contributed by atoms with Crippen LogP contribution in [-0.2, 0) is 0 Å². The van der Waals surface area contributed by atoms with Crippen molar-refractivity contribution in [3.8, 4) is 0 Å². The molecular formula is C15H17N3O. The fourth-order valence-corrected chi connectivity index (χ4v) is 2.28. The molecule has 0 radical (unpaired) electrons. The molecule has 0 fully saturated rings. The third-order valence-corrected chi connectivity index (χ3v) is 3.35. The molecule has 19 heavy (non-hydrogen) atoms. The number of aromatic nitrogens is 2. The molecule has 2 heterocycles. The summed E-state index contributed by atoms with van der Waals surface area (Å²) in [6.45, 7) is 3.16. The van der Waals surface area contributed by atoms with Gasteiger partial charge in [-0.1, -0.05) is 25.5 Å². The fourth-order valence-electron chi connectivity index (χ4n) is 2.28. The first-order valence-electron chi connectivity index (χ1n) is 6.64. The van der Waals surface area contributed by atoms with E-state index in [0.29, 0.717) is 0 Å². The monoisotopic (exact) mass is 255 g/mol. The van der Waals surface area contributed by atoms with Crippen LogP contribution >= 0.6 is 0 Å². The molecule has 0 saturated heterocycles. The predicted molar refractivity (Wildman–Crippen MR) is 77.5 cm³/mol. The lowest BCUT2D eigenvalue weighted by Gasteiger charge is -2.17. The predicted octanol–water partition coefficient (Wildman–Crippen LogP) is 3.61. The Kier molecular flexibility index (Phi) is 3.07. The van der Waals surface area contributed by atoms with E-state index < -0.39 is 0 Å². The van der Waals surface area contributed by atoms with Gasteiger partial charge in [0.15, 0.2) is 11.4 Å². The largest absolute Gasteiger partial charge is 0.450 e. The highest BCUT2D eigenvalue weighted by Gasteiger charge is 2.15. The van der Waals surface area contributed by atoms with Gasteiger partial charge in [0, 0.05) is 19.0 Å². The van der Waals surface area contributed by atoms with Gasteiger partial charge in [-0.05, 0) is 18.6 Å². The zero-order chi connectivity index (χ0) is 13.2. The van der Waals surface area contributed by atoms with Gasteiger partial charge in [0.2, 0.25) is 0 Å². The van der Waals surface area contributed by atoms with Gasteiger partial charge < -0.3 is 9.32 Å². The summed E-state index contributed by atoms with van der Waals surface area (Å²) in [7, 11) is 2.05. The van der Waals surface area contributed by atoms with Gasteiger partial charge >= 0.3 is 0 Å². The normalized spacial score (nSPS) is 11.3. The summed E-state index contributed by atoms with van der Waals surface area (Å²) in [6.07, 6.45) is 3.92. The Morgan fingerprint density at radius 1 is 1.21 bits per heavy atom. The van der Waals surface area contributed by atoms with E-state index in [1.165, 1.54) is 6.42 Å². The minimum absolute atomic E-state index is 0.780. The van der Waals surface area contributed by atoms with Gasteiger partial charge in [0.05, 0.1) is 0 Å². The number of anilines is 1. The number of fused-ring (bicyclic) bond motifs is 3. The third-order valence-electron chi connectivity index (χ3n) is 3.35. The summed E-state index contributed by atoms with van der Waals surface area (Å²) in [5, 5.41) is 1.05. The maximum absolute atomic E-state index is 5.92. The Bertz CT molecular complexity index is 705. The van der Waals surface area contributed by atoms with Crippen LogP contribution in [0.25, 0.3) is 22.1 Å². The Balaban J connectivity index is 2.15. The van der Waals surface area contributed by atoms with Crippen LogP contribution in [0.15, 0.2) is 35.0 Å². The Morgan fingerprint density at radius 2 is 2.05 bits per heavy atom. The van der Waals surface area contributed by atoms with Crippen molar-refractivity contribution in [2.75, 3.05) is 18.5 Å². The molecule has 4 heteroatoms. The average molecular weight is 255 g/mol. The lowest BCUT2D eigenvalue weighted by molar-refractivity contribution is 0.660. The summed E-state index contributed by atoms with van der Waals surface area (Å²) in [6, 6.07) is 7.97. The minimum atomic E-state index is 0.780. The van der Waals surface area contributed by atoms with E-state index >= 15 is 0 Å². The first-order valence-corrected chi connectivity index (χ1v) is 6.64. The third kappa shape index (κ3) is 2.03. The zero-order valence-corrected chi connectivity index (χ0v) is 11.3. The van der Waals surface area contributed by atoms with E-state index in [4.69, 9.17) is 4.42 Å². The number of hydrogen-bond acceptors (Lipinski definition) is 4. The van der Waals surface area contributed by atoms with Crippen LogP contribution in [0.5, 0.6) is 0 Å². The molecule has 0 N–H and O–H groups in total. The highest BCUT2D eigenvalue weighted by atomic mass is 16.3. The molecule has 0 aliphatic carbocycles. The highest BCUT2D eigenvalue weighted by Crippen LogP contribution is 2.31. The van der Waals surface area contributed by atoms with Crippen molar-refractivity contribution >= 4 is 27.9 Å². The number of hydrogen-bond donors (Lipinski definition) is 0. The average Bonchev–Trinajstić information content (AvgIpc) is 2.83. The molecule has 1 aromatic carbocycles. The Hall–Kier alpha value is -2.10. The number of furan rings is 1. The lowest BCUT2D eigenvalue weighted by atomic mass is 10.2. The van der Waals surface area contributed by atoms with Gasteiger partial charge in [-0.2, -0.15) is 0 Å². The first-order chi connectivity index (χ1) is 9.31. The van der Waals surface area contributed by atoms with Crippen molar-refractivity contribution in [1.29, 1.82) is 0 Å². The standard InChI is InChI=1S/C15H17N3O/c1-3-4-9-18(2)15-14-13(16-10-17-15)11-7-5-6-8-12(11)19-14/h5-8,10H,3-4,9H2,1-2H3. The van der Waals surface area contributed by atoms with Crippen LogP contribution in [0, 0.1) is 0 Å². The summed E-state index contributed by atoms with van der Waals surface area (Å²) >= 11 is 0. The SMILES string of the molecule is CCCCN(C)c1ncnc2c1oc1ccccc12. The van der Waals surface area contributed by atoms with E-state index in [-0.39, 0.29) is 0 Å². The topological polar surface area (TPSA) is 42.2 Å². The van der Waals surface area contributed by atoms with Crippen molar-refractivity contribution in [3.05, 3.63) is 30.6 Å². The molecule has 0 amide bonds. The summed E-state index contributed by atoms with van der Waals surface area (Å²) in [5.41, 5.74) is 2.54. The molecule has 2 aromatic heterocycles. The minimum Gasteiger partial charge on any atom is -0.450 e. The molecule has 0 aliphatic heterocycles. The van der Waals surface area contributed by atoms with Crippen LogP contribution < -0.4 is 4.90 Å². The van der Waals surface area contributed by atoms with Crippen molar-refractivity contribution in [3.63, 3.8) is 0 Å². The first kappa shape index (κ1) is 12.0. The molecule has 0 bridgehead atoms. The van der Waals surface area contributed by atoms with Crippen molar-refractivity contribution in [2.45, 2.75) is 19.8 Å². The summed E-state index contributed by atoms with van der Waals surface area (Å²) in [5.74, 6) is 0.870. The molecule has 0 aliphatic rings. The molecule has 0 unspecified atom stereocenters. The number of para-hydroxylation sites is 1. The fraction of sp³-hybridized carbons (Fsp3) is 0.333. The van der Waals surface area contributed by atoms with E-state index in [0.717, 1.165) is 40.9 Å². The smallest absolute Gasteiger partial charge is 0.196 e.